The predicted molar refractivity (Wildman–Crippen MR) is 73.3 cm³/mol. The highest BCUT2D eigenvalue weighted by Gasteiger charge is 2.21. The number of hydrogen-bond acceptors (Lipinski definition) is 3. The first-order chi connectivity index (χ1) is 7.89. The van der Waals surface area contributed by atoms with Crippen molar-refractivity contribution in [1.82, 2.24) is 10.3 Å². The zero-order chi connectivity index (χ0) is 13.1. The Morgan fingerprint density at radius 2 is 2.18 bits per heavy atom. The number of aromatic nitrogens is 1. The van der Waals surface area contributed by atoms with Crippen molar-refractivity contribution in [3.63, 3.8) is 0 Å². The van der Waals surface area contributed by atoms with E-state index in [0.717, 1.165) is 10.9 Å². The van der Waals surface area contributed by atoms with Crippen molar-refractivity contribution in [2.24, 2.45) is 0 Å². The number of carbonyl (C=O) groups excluding carboxylic acids is 1. The molecule has 1 amide bonds. The quantitative estimate of drug-likeness (QED) is 0.899. The molecular weight excluding hydrogens is 282 g/mol. The molecule has 0 aliphatic rings. The third kappa shape index (κ3) is 3.70. The Hall–Kier alpha value is -1.10. The van der Waals surface area contributed by atoms with E-state index < -0.39 is 0 Å². The fourth-order valence-electron chi connectivity index (χ4n) is 1.27. The summed E-state index contributed by atoms with van der Waals surface area (Å²) in [5.74, 6) is 0.465. The summed E-state index contributed by atoms with van der Waals surface area (Å²) in [4.78, 5) is 16.3. The van der Waals surface area contributed by atoms with Crippen LogP contribution in [0.1, 0.15) is 37.6 Å². The van der Waals surface area contributed by atoms with Crippen LogP contribution in [0.4, 0.5) is 5.82 Å². The monoisotopic (exact) mass is 299 g/mol. The van der Waals surface area contributed by atoms with Gasteiger partial charge in [-0.2, -0.15) is 0 Å². The van der Waals surface area contributed by atoms with E-state index in [-0.39, 0.29) is 11.4 Å². The predicted octanol–water partition coefficient (Wildman–Crippen LogP) is 2.80. The fourth-order valence-corrected chi connectivity index (χ4v) is 1.61. The Balaban J connectivity index is 2.99. The van der Waals surface area contributed by atoms with Gasteiger partial charge in [0.2, 0.25) is 0 Å². The van der Waals surface area contributed by atoms with Gasteiger partial charge in [-0.05, 0) is 42.3 Å². The van der Waals surface area contributed by atoms with E-state index in [1.165, 1.54) is 0 Å². The Morgan fingerprint density at radius 3 is 2.71 bits per heavy atom. The van der Waals surface area contributed by atoms with Gasteiger partial charge in [-0.3, -0.25) is 4.79 Å². The zero-order valence-corrected chi connectivity index (χ0v) is 12.2. The Bertz CT molecular complexity index is 418. The highest BCUT2D eigenvalue weighted by atomic mass is 79.9. The van der Waals surface area contributed by atoms with Crippen LogP contribution < -0.4 is 10.6 Å². The molecule has 17 heavy (non-hydrogen) atoms. The van der Waals surface area contributed by atoms with Crippen molar-refractivity contribution >= 4 is 27.7 Å². The summed E-state index contributed by atoms with van der Waals surface area (Å²) >= 11 is 3.32. The van der Waals surface area contributed by atoms with Gasteiger partial charge in [0.05, 0.1) is 5.56 Å². The van der Waals surface area contributed by atoms with Gasteiger partial charge >= 0.3 is 0 Å². The van der Waals surface area contributed by atoms with Gasteiger partial charge in [-0.15, -0.1) is 0 Å². The highest BCUT2D eigenvalue weighted by Crippen LogP contribution is 2.19. The van der Waals surface area contributed by atoms with Gasteiger partial charge in [0, 0.05) is 23.3 Å². The van der Waals surface area contributed by atoms with E-state index in [1.807, 2.05) is 20.8 Å². The maximum absolute atomic E-state index is 12.1. The lowest BCUT2D eigenvalue weighted by Gasteiger charge is -2.24. The molecule has 0 saturated heterocycles. The molecule has 1 heterocycles. The van der Waals surface area contributed by atoms with E-state index in [2.05, 4.69) is 31.5 Å². The van der Waals surface area contributed by atoms with Crippen LogP contribution >= 0.6 is 15.9 Å². The number of nitrogens with zero attached hydrogens (tertiary/aromatic N) is 1. The standard InChI is InChI=1S/C12H18BrN3O/c1-5-12(2,3)16-11(17)9-6-8(13)7-15-10(9)14-4/h6-7H,5H2,1-4H3,(H,14,15)(H,16,17). The van der Waals surface area contributed by atoms with Crippen LogP contribution in [0.3, 0.4) is 0 Å². The van der Waals surface area contributed by atoms with Gasteiger partial charge in [-0.25, -0.2) is 4.98 Å². The zero-order valence-electron chi connectivity index (χ0n) is 10.6. The second kappa shape index (κ2) is 5.49. The molecule has 0 unspecified atom stereocenters. The SMILES string of the molecule is CCC(C)(C)NC(=O)c1cc(Br)cnc1NC. The van der Waals surface area contributed by atoms with E-state index >= 15 is 0 Å². The summed E-state index contributed by atoms with van der Waals surface area (Å²) in [7, 11) is 1.75. The van der Waals surface area contributed by atoms with Crippen molar-refractivity contribution in [3.05, 3.63) is 22.3 Å². The average Bonchev–Trinajstić information content (AvgIpc) is 2.28. The van der Waals surface area contributed by atoms with Crippen LogP contribution in [-0.2, 0) is 0 Å². The molecule has 0 aliphatic carbocycles. The van der Waals surface area contributed by atoms with Gasteiger partial charge in [0.25, 0.3) is 5.91 Å². The fraction of sp³-hybridized carbons (Fsp3) is 0.500. The number of anilines is 1. The molecule has 0 radical (unpaired) electrons. The number of pyridine rings is 1. The Kier molecular flexibility index (Phi) is 4.51. The molecule has 0 bridgehead atoms. The summed E-state index contributed by atoms with van der Waals surface area (Å²) < 4.78 is 0.788. The normalized spacial score (nSPS) is 11.1. The van der Waals surface area contributed by atoms with Gasteiger partial charge in [0.1, 0.15) is 5.82 Å². The number of halogens is 1. The minimum absolute atomic E-state index is 0.116. The van der Waals surface area contributed by atoms with E-state index in [0.29, 0.717) is 11.4 Å². The molecule has 0 saturated carbocycles. The molecular formula is C12H18BrN3O. The molecule has 1 aromatic rings. The maximum atomic E-state index is 12.1. The number of hydrogen-bond donors (Lipinski definition) is 2. The smallest absolute Gasteiger partial charge is 0.255 e. The lowest BCUT2D eigenvalue weighted by atomic mass is 10.0. The first kappa shape index (κ1) is 14.0. The lowest BCUT2D eigenvalue weighted by Crippen LogP contribution is -2.43. The first-order valence-electron chi connectivity index (χ1n) is 5.55. The number of nitrogens with one attached hydrogen (secondary N) is 2. The number of amides is 1. The second-order valence-electron chi connectivity index (χ2n) is 4.49. The van der Waals surface area contributed by atoms with Gasteiger partial charge < -0.3 is 10.6 Å². The highest BCUT2D eigenvalue weighted by molar-refractivity contribution is 9.10. The first-order valence-corrected chi connectivity index (χ1v) is 6.34. The summed E-state index contributed by atoms with van der Waals surface area (Å²) in [5.41, 5.74) is 0.327. The van der Waals surface area contributed by atoms with E-state index in [9.17, 15) is 4.79 Å². The third-order valence-electron chi connectivity index (χ3n) is 2.67. The Labute approximate surface area is 110 Å². The van der Waals surface area contributed by atoms with Gasteiger partial charge in [-0.1, -0.05) is 6.92 Å². The van der Waals surface area contributed by atoms with Crippen LogP contribution in [0.15, 0.2) is 16.7 Å². The summed E-state index contributed by atoms with van der Waals surface area (Å²) in [6.07, 6.45) is 2.53. The summed E-state index contributed by atoms with van der Waals surface area (Å²) in [6.45, 7) is 6.03. The largest absolute Gasteiger partial charge is 0.372 e. The third-order valence-corrected chi connectivity index (χ3v) is 3.11. The topological polar surface area (TPSA) is 54.0 Å². The van der Waals surface area contributed by atoms with Crippen LogP contribution in [0.25, 0.3) is 0 Å². The number of rotatable bonds is 4. The average molecular weight is 300 g/mol. The maximum Gasteiger partial charge on any atom is 0.255 e. The molecule has 0 atom stereocenters. The molecule has 94 valence electrons. The van der Waals surface area contributed by atoms with Gasteiger partial charge in [0.15, 0.2) is 0 Å². The second-order valence-corrected chi connectivity index (χ2v) is 5.41. The molecule has 1 rings (SSSR count). The Morgan fingerprint density at radius 1 is 1.53 bits per heavy atom. The minimum atomic E-state index is -0.218. The molecule has 0 aromatic carbocycles. The van der Waals surface area contributed by atoms with Crippen molar-refractivity contribution in [2.75, 3.05) is 12.4 Å². The van der Waals surface area contributed by atoms with Crippen LogP contribution in [0.2, 0.25) is 0 Å². The van der Waals surface area contributed by atoms with E-state index in [4.69, 9.17) is 0 Å². The summed E-state index contributed by atoms with van der Waals surface area (Å²) in [5, 5.41) is 5.90. The number of carbonyl (C=O) groups is 1. The molecule has 2 N–H and O–H groups in total. The van der Waals surface area contributed by atoms with E-state index in [1.54, 1.807) is 19.3 Å². The molecule has 4 nitrogen and oxygen atoms in total. The summed E-state index contributed by atoms with van der Waals surface area (Å²) in [6, 6.07) is 1.76. The molecule has 0 spiro atoms. The van der Waals surface area contributed by atoms with Crippen LogP contribution in [0.5, 0.6) is 0 Å². The molecule has 0 fully saturated rings. The van der Waals surface area contributed by atoms with Crippen molar-refractivity contribution in [2.45, 2.75) is 32.7 Å². The van der Waals surface area contributed by atoms with Crippen LogP contribution in [-0.4, -0.2) is 23.5 Å². The lowest BCUT2D eigenvalue weighted by molar-refractivity contribution is 0.0911. The molecule has 1 aromatic heterocycles. The van der Waals surface area contributed by atoms with Crippen molar-refractivity contribution < 1.29 is 4.79 Å². The minimum Gasteiger partial charge on any atom is -0.372 e. The molecule has 5 heteroatoms. The molecule has 0 aliphatic heterocycles. The van der Waals surface area contributed by atoms with Crippen LogP contribution in [0, 0.1) is 0 Å². The van der Waals surface area contributed by atoms with Crippen molar-refractivity contribution in [3.8, 4) is 0 Å². The van der Waals surface area contributed by atoms with Crippen molar-refractivity contribution in [1.29, 1.82) is 0 Å².